The van der Waals surface area contributed by atoms with Crippen molar-refractivity contribution in [1.82, 2.24) is 5.32 Å². The number of rotatable bonds is 20. The van der Waals surface area contributed by atoms with Crippen LogP contribution in [0.2, 0.25) is 0 Å². The Kier molecular flexibility index (Phi) is 17.4. The van der Waals surface area contributed by atoms with Gasteiger partial charge in [-0.3, -0.25) is 9.59 Å². The van der Waals surface area contributed by atoms with Crippen molar-refractivity contribution in [3.8, 4) is 23.0 Å². The highest BCUT2D eigenvalue weighted by atomic mass is 31.1. The molecule has 0 aliphatic heterocycles. The van der Waals surface area contributed by atoms with Gasteiger partial charge in [-0.25, -0.2) is 9.59 Å². The molecule has 18 heteroatoms. The molecule has 3 atom stereocenters. The Bertz CT molecular complexity index is 2030. The predicted molar refractivity (Wildman–Crippen MR) is 222 cm³/mol. The standard InChI is InChI=1S/C31H30O9P2.C12H13NO6/c1-35-25-13-5-21(6-14-25)30(39-41-33,22-7-15-26(36-2)16-8-22)29(32)31(40-42-34,23-9-17-27(37-3)18-10-23)24-11-19-28(38-4)20-12-24;14-10(15)6-9(11(16)17)13-12(18)19-7-8-4-2-1-3-5-8/h5-20,41-42H,1-4H3;1-5,9H,6-7H2,(H,13,18)(H,14,15)(H,16,17)/q+2;/t;9-/m.0/s1. The molecule has 16 nitrogen and oxygen atoms in total. The number of ether oxygens (including phenoxy) is 5. The van der Waals surface area contributed by atoms with E-state index in [1.54, 1.807) is 127 Å². The van der Waals surface area contributed by atoms with Gasteiger partial charge in [0.25, 0.3) is 0 Å². The summed E-state index contributed by atoms with van der Waals surface area (Å²) in [5, 5.41) is 19.2. The van der Waals surface area contributed by atoms with Crippen molar-refractivity contribution in [3.63, 3.8) is 0 Å². The Balaban J connectivity index is 0.000000361. The molecule has 5 aromatic carbocycles. The van der Waals surface area contributed by atoms with Crippen molar-refractivity contribution in [3.05, 3.63) is 155 Å². The number of hydrogen-bond acceptors (Lipinski definition) is 13. The van der Waals surface area contributed by atoms with E-state index in [-0.39, 0.29) is 6.61 Å². The van der Waals surface area contributed by atoms with Gasteiger partial charge in [-0.2, -0.15) is 0 Å². The first-order valence-electron chi connectivity index (χ1n) is 18.1. The number of Topliss-reactive ketones (excluding diaryl/α,β-unsaturated/α-hetero) is 1. The molecule has 3 N–H and O–H groups in total. The van der Waals surface area contributed by atoms with E-state index in [9.17, 15) is 23.5 Å². The molecule has 0 radical (unpaired) electrons. The van der Waals surface area contributed by atoms with Crippen LogP contribution in [0.15, 0.2) is 127 Å². The lowest BCUT2D eigenvalue weighted by atomic mass is 9.71. The van der Waals surface area contributed by atoms with E-state index in [1.165, 1.54) is 28.4 Å². The molecule has 0 bridgehead atoms. The summed E-state index contributed by atoms with van der Waals surface area (Å²) >= 11 is 0. The second-order valence-electron chi connectivity index (χ2n) is 12.7. The Hall–Kier alpha value is -6.70. The third-order valence-electron chi connectivity index (χ3n) is 9.20. The van der Waals surface area contributed by atoms with Gasteiger partial charge in [-0.1, -0.05) is 78.9 Å². The van der Waals surface area contributed by atoms with Crippen LogP contribution in [0.5, 0.6) is 23.0 Å². The topological polar surface area (TPSA) is 220 Å². The average Bonchev–Trinajstić information content (AvgIpc) is 3.29. The van der Waals surface area contributed by atoms with E-state index in [1.807, 2.05) is 5.32 Å². The average molecular weight is 876 g/mol. The Morgan fingerprint density at radius 1 is 0.557 bits per heavy atom. The van der Waals surface area contributed by atoms with Gasteiger partial charge < -0.3 is 39.2 Å². The molecule has 0 aromatic heterocycles. The van der Waals surface area contributed by atoms with E-state index in [2.05, 4.69) is 0 Å². The first-order chi connectivity index (χ1) is 29.4. The minimum atomic E-state index is -2.02. The maximum absolute atomic E-state index is 15.4. The van der Waals surface area contributed by atoms with Crippen molar-refractivity contribution in [2.24, 2.45) is 0 Å². The van der Waals surface area contributed by atoms with Crippen LogP contribution in [0.1, 0.15) is 34.2 Å². The zero-order valence-electron chi connectivity index (χ0n) is 33.3. The second-order valence-corrected chi connectivity index (χ2v) is 13.4. The third-order valence-corrected chi connectivity index (χ3v) is 9.98. The first kappa shape index (κ1) is 47.0. The summed E-state index contributed by atoms with van der Waals surface area (Å²) in [6.07, 6.45) is -1.69. The Morgan fingerprint density at radius 2 is 0.902 bits per heavy atom. The fourth-order valence-electron chi connectivity index (χ4n) is 6.14. The second kappa shape index (κ2) is 22.6. The van der Waals surface area contributed by atoms with E-state index < -0.39 is 64.9 Å². The molecule has 0 aliphatic carbocycles. The Labute approximate surface area is 353 Å². The maximum atomic E-state index is 15.4. The molecule has 61 heavy (non-hydrogen) atoms. The number of aliphatic carboxylic acids is 2. The Morgan fingerprint density at radius 3 is 1.18 bits per heavy atom. The largest absolute Gasteiger partial charge is 0.497 e. The van der Waals surface area contributed by atoms with Gasteiger partial charge in [0, 0.05) is 22.3 Å². The van der Waals surface area contributed by atoms with Crippen molar-refractivity contribution < 1.29 is 71.3 Å². The summed E-state index contributed by atoms with van der Waals surface area (Å²) in [7, 11) is 3.36. The quantitative estimate of drug-likeness (QED) is 0.0657. The molecule has 0 heterocycles. The molecular weight excluding hydrogens is 832 g/mol. The summed E-state index contributed by atoms with van der Waals surface area (Å²) < 4.78 is 63.0. The number of carbonyl (C=O) groups is 4. The minimum Gasteiger partial charge on any atom is -0.497 e. The SMILES string of the molecule is COc1ccc(C(O[PH+]=O)(C(=O)C(O[PH+]=O)(c2ccc(OC)cc2)c2ccc(OC)cc2)c2ccc(OC)cc2)cc1.O=C(O)C[C@H](NC(=O)OCc1ccccc1)C(=O)O. The molecule has 0 saturated carbocycles. The summed E-state index contributed by atoms with van der Waals surface area (Å²) in [5.74, 6) is -1.31. The molecule has 0 saturated heterocycles. The van der Waals surface area contributed by atoms with Crippen LogP contribution in [0.4, 0.5) is 4.79 Å². The summed E-state index contributed by atoms with van der Waals surface area (Å²) in [6.45, 7) is -0.0217. The zero-order valence-corrected chi connectivity index (χ0v) is 35.3. The molecule has 2 unspecified atom stereocenters. The number of nitrogens with one attached hydrogen (secondary N) is 1. The lowest BCUT2D eigenvalue weighted by Gasteiger charge is -2.36. The summed E-state index contributed by atoms with van der Waals surface area (Å²) in [6, 6.07) is 33.8. The fraction of sp³-hybridized carbons (Fsp3) is 0.209. The van der Waals surface area contributed by atoms with Crippen molar-refractivity contribution in [2.45, 2.75) is 30.3 Å². The van der Waals surface area contributed by atoms with Crippen LogP contribution in [0.25, 0.3) is 0 Å². The fourth-order valence-corrected chi connectivity index (χ4v) is 7.05. The summed E-state index contributed by atoms with van der Waals surface area (Å²) in [4.78, 5) is 47.9. The van der Waals surface area contributed by atoms with Gasteiger partial charge in [0.15, 0.2) is 0 Å². The van der Waals surface area contributed by atoms with E-state index in [0.717, 1.165) is 5.56 Å². The van der Waals surface area contributed by atoms with Crippen LogP contribution in [-0.4, -0.2) is 68.5 Å². The number of benzene rings is 5. The van der Waals surface area contributed by atoms with Crippen molar-refractivity contribution in [2.75, 3.05) is 28.4 Å². The van der Waals surface area contributed by atoms with Gasteiger partial charge in [0.1, 0.15) is 35.6 Å². The number of alkyl carbamates (subject to hydrolysis) is 1. The van der Waals surface area contributed by atoms with Crippen LogP contribution in [0, 0.1) is 0 Å². The van der Waals surface area contributed by atoms with Crippen LogP contribution in [0.3, 0.4) is 0 Å². The van der Waals surface area contributed by atoms with E-state index in [4.69, 9.17) is 42.9 Å². The van der Waals surface area contributed by atoms with Crippen LogP contribution in [-0.2, 0) is 55.1 Å². The number of hydrogen-bond donors (Lipinski definition) is 3. The monoisotopic (exact) mass is 875 g/mol. The number of carboxylic acids is 2. The smallest absolute Gasteiger partial charge is 0.495 e. The minimum absolute atomic E-state index is 0.0217. The van der Waals surface area contributed by atoms with E-state index in [0.29, 0.717) is 45.3 Å². The van der Waals surface area contributed by atoms with Crippen LogP contribution >= 0.6 is 17.4 Å². The first-order valence-corrected chi connectivity index (χ1v) is 19.7. The molecule has 0 aliphatic rings. The molecular formula is C43H43NO15P2+2. The van der Waals surface area contributed by atoms with Gasteiger partial charge >= 0.3 is 35.4 Å². The number of carboxylic acid groups (broad SMARTS) is 2. The van der Waals surface area contributed by atoms with Gasteiger partial charge in [-0.05, 0) is 63.2 Å². The molecule has 318 valence electrons. The molecule has 0 fully saturated rings. The highest BCUT2D eigenvalue weighted by molar-refractivity contribution is 7.17. The van der Waals surface area contributed by atoms with Crippen LogP contribution < -0.4 is 24.3 Å². The summed E-state index contributed by atoms with van der Waals surface area (Å²) in [5.41, 5.74) is -1.94. The normalized spacial score (nSPS) is 11.6. The van der Waals surface area contributed by atoms with Crippen molar-refractivity contribution >= 4 is 41.2 Å². The number of carbonyl (C=O) groups excluding carboxylic acids is 2. The van der Waals surface area contributed by atoms with Gasteiger partial charge in [-0.15, -0.1) is 9.05 Å². The number of amides is 1. The zero-order chi connectivity index (χ0) is 44.4. The molecule has 5 rings (SSSR count). The molecule has 0 spiro atoms. The predicted octanol–water partition coefficient (Wildman–Crippen LogP) is 7.23. The number of ketones is 1. The lowest BCUT2D eigenvalue weighted by Crippen LogP contribution is -2.51. The highest BCUT2D eigenvalue weighted by Crippen LogP contribution is 2.49. The van der Waals surface area contributed by atoms with E-state index >= 15 is 4.79 Å². The van der Waals surface area contributed by atoms with Gasteiger partial charge in [0.2, 0.25) is 17.0 Å². The molecule has 5 aromatic rings. The highest BCUT2D eigenvalue weighted by Gasteiger charge is 2.61. The van der Waals surface area contributed by atoms with Crippen molar-refractivity contribution in [1.29, 1.82) is 0 Å². The van der Waals surface area contributed by atoms with Gasteiger partial charge in [0.05, 0.1) is 34.9 Å². The lowest BCUT2D eigenvalue weighted by molar-refractivity contribution is -0.145. The number of methoxy groups -OCH3 is 4. The maximum Gasteiger partial charge on any atom is 0.495 e. The third kappa shape index (κ3) is 11.5. The molecule has 1 amide bonds.